The Bertz CT molecular complexity index is 944. The molecule has 3 rings (SSSR count). The van der Waals surface area contributed by atoms with Gasteiger partial charge in [-0.3, -0.25) is 4.79 Å². The van der Waals surface area contributed by atoms with Crippen LogP contribution in [0.5, 0.6) is 5.75 Å². The van der Waals surface area contributed by atoms with Crippen LogP contribution in [0.15, 0.2) is 53.7 Å². The first-order chi connectivity index (χ1) is 13.5. The number of carbonyl (C=O) groups is 1. The van der Waals surface area contributed by atoms with Crippen molar-refractivity contribution in [2.75, 3.05) is 18.3 Å². The van der Waals surface area contributed by atoms with Gasteiger partial charge in [-0.1, -0.05) is 35.5 Å². The minimum atomic E-state index is -0.406. The second-order valence-electron chi connectivity index (χ2n) is 6.05. The van der Waals surface area contributed by atoms with Gasteiger partial charge in [-0.25, -0.2) is 4.68 Å². The van der Waals surface area contributed by atoms with Crippen LogP contribution in [0.25, 0.3) is 0 Å². The molecule has 1 heterocycles. The van der Waals surface area contributed by atoms with Crippen LogP contribution in [0, 0.1) is 0 Å². The third-order valence-corrected chi connectivity index (χ3v) is 5.33. The highest BCUT2D eigenvalue weighted by molar-refractivity contribution is 8.00. The predicted molar refractivity (Wildman–Crippen MR) is 111 cm³/mol. The third kappa shape index (κ3) is 4.96. The zero-order chi connectivity index (χ0) is 20.1. The van der Waals surface area contributed by atoms with Crippen LogP contribution in [0.4, 0.5) is 5.69 Å². The molecule has 0 radical (unpaired) electrons. The number of ether oxygens (including phenoxy) is 1. The molecule has 0 saturated heterocycles. The second-order valence-corrected chi connectivity index (χ2v) is 7.79. The average molecular weight is 418 g/mol. The van der Waals surface area contributed by atoms with Gasteiger partial charge in [-0.05, 0) is 48.9 Å². The first-order valence-electron chi connectivity index (χ1n) is 8.51. The van der Waals surface area contributed by atoms with E-state index in [1.165, 1.54) is 16.4 Å². The number of nitrogen functional groups attached to an aromatic ring is 1. The first-order valence-corrected chi connectivity index (χ1v) is 9.77. The Morgan fingerprint density at radius 3 is 2.54 bits per heavy atom. The Hall–Kier alpha value is -2.71. The number of rotatable bonds is 7. The van der Waals surface area contributed by atoms with Gasteiger partial charge in [0.1, 0.15) is 5.75 Å². The van der Waals surface area contributed by atoms with Crippen molar-refractivity contribution in [3.63, 3.8) is 0 Å². The summed E-state index contributed by atoms with van der Waals surface area (Å²) >= 11 is 7.10. The normalized spacial score (nSPS) is 11.8. The van der Waals surface area contributed by atoms with Crippen LogP contribution in [0.1, 0.15) is 18.3 Å². The van der Waals surface area contributed by atoms with Crippen molar-refractivity contribution in [1.29, 1.82) is 0 Å². The summed E-state index contributed by atoms with van der Waals surface area (Å²) in [7, 11) is 1.62. The molecule has 28 heavy (non-hydrogen) atoms. The van der Waals surface area contributed by atoms with E-state index in [1.54, 1.807) is 38.3 Å². The minimum absolute atomic E-state index is 0.160. The van der Waals surface area contributed by atoms with E-state index in [9.17, 15) is 4.79 Å². The second kappa shape index (κ2) is 8.99. The number of thioether (sulfide) groups is 1. The van der Waals surface area contributed by atoms with Gasteiger partial charge in [0, 0.05) is 17.1 Å². The Morgan fingerprint density at radius 2 is 1.89 bits per heavy atom. The van der Waals surface area contributed by atoms with Gasteiger partial charge < -0.3 is 15.9 Å². The van der Waals surface area contributed by atoms with E-state index >= 15 is 0 Å². The van der Waals surface area contributed by atoms with Crippen LogP contribution < -0.4 is 15.9 Å². The standard InChI is InChI=1S/C19H20ClN5O2S/c1-12(18(26)22-15-7-5-14(20)6-8-15)28-19-24-23-17(25(19)21)11-13-3-9-16(27-2)10-4-13/h3-10,12H,11,21H2,1-2H3,(H,22,26)/t12-/m1/s1. The summed E-state index contributed by atoms with van der Waals surface area (Å²) in [5.74, 6) is 7.36. The molecule has 0 aliphatic rings. The van der Waals surface area contributed by atoms with Gasteiger partial charge in [0.2, 0.25) is 11.1 Å². The Kier molecular flexibility index (Phi) is 6.43. The lowest BCUT2D eigenvalue weighted by Crippen LogP contribution is -2.23. The minimum Gasteiger partial charge on any atom is -0.497 e. The Balaban J connectivity index is 1.62. The number of anilines is 1. The first kappa shape index (κ1) is 20.0. The van der Waals surface area contributed by atoms with E-state index in [1.807, 2.05) is 24.3 Å². The van der Waals surface area contributed by atoms with Gasteiger partial charge in [0.05, 0.1) is 12.4 Å². The number of hydrogen-bond acceptors (Lipinski definition) is 6. The molecule has 0 saturated carbocycles. The number of nitrogens with zero attached hydrogens (tertiary/aromatic N) is 3. The number of halogens is 1. The number of methoxy groups -OCH3 is 1. The summed E-state index contributed by atoms with van der Waals surface area (Å²) in [5.41, 5.74) is 1.71. The summed E-state index contributed by atoms with van der Waals surface area (Å²) in [6.45, 7) is 1.79. The monoisotopic (exact) mass is 417 g/mol. The molecule has 3 N–H and O–H groups in total. The molecular weight excluding hydrogens is 398 g/mol. The smallest absolute Gasteiger partial charge is 0.237 e. The number of benzene rings is 2. The fourth-order valence-electron chi connectivity index (χ4n) is 2.42. The largest absolute Gasteiger partial charge is 0.497 e. The highest BCUT2D eigenvalue weighted by Gasteiger charge is 2.19. The molecule has 0 fully saturated rings. The van der Waals surface area contributed by atoms with Crippen molar-refractivity contribution >= 4 is 35.0 Å². The molecule has 0 spiro atoms. The molecule has 9 heteroatoms. The fourth-order valence-corrected chi connectivity index (χ4v) is 3.34. The van der Waals surface area contributed by atoms with Crippen LogP contribution in [0.2, 0.25) is 5.02 Å². The molecular formula is C19H20ClN5O2S. The molecule has 146 valence electrons. The van der Waals surface area contributed by atoms with Gasteiger partial charge >= 0.3 is 0 Å². The molecule has 1 amide bonds. The molecule has 1 atom stereocenters. The van der Waals surface area contributed by atoms with Crippen molar-refractivity contribution in [2.24, 2.45) is 0 Å². The number of hydrogen-bond donors (Lipinski definition) is 2. The molecule has 7 nitrogen and oxygen atoms in total. The van der Waals surface area contributed by atoms with E-state index in [0.717, 1.165) is 11.3 Å². The summed E-state index contributed by atoms with van der Waals surface area (Å²) in [5, 5.41) is 11.8. The van der Waals surface area contributed by atoms with Crippen molar-refractivity contribution in [3.8, 4) is 5.75 Å². The third-order valence-electron chi connectivity index (χ3n) is 4.02. The van der Waals surface area contributed by atoms with Gasteiger partial charge in [-0.2, -0.15) is 0 Å². The van der Waals surface area contributed by atoms with Crippen molar-refractivity contribution in [3.05, 3.63) is 64.9 Å². The zero-order valence-corrected chi connectivity index (χ0v) is 17.0. The van der Waals surface area contributed by atoms with E-state index < -0.39 is 5.25 Å². The molecule has 3 aromatic rings. The zero-order valence-electron chi connectivity index (χ0n) is 15.4. The quantitative estimate of drug-likeness (QED) is 0.452. The number of carbonyl (C=O) groups excluding carboxylic acids is 1. The Morgan fingerprint density at radius 1 is 1.21 bits per heavy atom. The highest BCUT2D eigenvalue weighted by Crippen LogP contribution is 2.23. The summed E-state index contributed by atoms with van der Waals surface area (Å²) in [6, 6.07) is 14.6. The molecule has 1 aromatic heterocycles. The van der Waals surface area contributed by atoms with Crippen LogP contribution in [-0.2, 0) is 11.2 Å². The molecule has 2 aromatic carbocycles. The van der Waals surface area contributed by atoms with Crippen LogP contribution >= 0.6 is 23.4 Å². The van der Waals surface area contributed by atoms with E-state index in [4.69, 9.17) is 22.2 Å². The van der Waals surface area contributed by atoms with Gasteiger partial charge in [-0.15, -0.1) is 10.2 Å². The maximum absolute atomic E-state index is 12.4. The molecule has 0 unspecified atom stereocenters. The topological polar surface area (TPSA) is 95.1 Å². The number of aromatic nitrogens is 3. The molecule has 0 bridgehead atoms. The predicted octanol–water partition coefficient (Wildman–Crippen LogP) is 3.36. The van der Waals surface area contributed by atoms with Crippen molar-refractivity contribution in [1.82, 2.24) is 14.9 Å². The lowest BCUT2D eigenvalue weighted by Gasteiger charge is -2.11. The SMILES string of the molecule is COc1ccc(Cc2nnc(S[C@H](C)C(=O)Nc3ccc(Cl)cc3)n2N)cc1. The Labute approximate surface area is 172 Å². The summed E-state index contributed by atoms with van der Waals surface area (Å²) in [6.07, 6.45) is 0.527. The number of nitrogens with two attached hydrogens (primary N) is 1. The van der Waals surface area contributed by atoms with E-state index in [2.05, 4.69) is 15.5 Å². The van der Waals surface area contributed by atoms with E-state index in [0.29, 0.717) is 28.1 Å². The fraction of sp³-hybridized carbons (Fsp3) is 0.211. The summed E-state index contributed by atoms with van der Waals surface area (Å²) < 4.78 is 6.57. The molecule has 0 aliphatic carbocycles. The highest BCUT2D eigenvalue weighted by atomic mass is 35.5. The maximum Gasteiger partial charge on any atom is 0.237 e. The number of amides is 1. The van der Waals surface area contributed by atoms with Crippen molar-refractivity contribution < 1.29 is 9.53 Å². The average Bonchev–Trinajstić information content (AvgIpc) is 3.03. The van der Waals surface area contributed by atoms with Crippen LogP contribution in [-0.4, -0.2) is 33.1 Å². The van der Waals surface area contributed by atoms with Gasteiger partial charge in [0.25, 0.3) is 0 Å². The lowest BCUT2D eigenvalue weighted by atomic mass is 10.1. The van der Waals surface area contributed by atoms with E-state index in [-0.39, 0.29) is 5.91 Å². The van der Waals surface area contributed by atoms with Crippen LogP contribution in [0.3, 0.4) is 0 Å². The maximum atomic E-state index is 12.4. The van der Waals surface area contributed by atoms with Gasteiger partial charge in [0.15, 0.2) is 5.82 Å². The summed E-state index contributed by atoms with van der Waals surface area (Å²) in [4.78, 5) is 12.4. The van der Waals surface area contributed by atoms with Crippen molar-refractivity contribution in [2.45, 2.75) is 23.8 Å². The number of nitrogens with one attached hydrogen (secondary N) is 1. The molecule has 0 aliphatic heterocycles. The lowest BCUT2D eigenvalue weighted by molar-refractivity contribution is -0.115.